The van der Waals surface area contributed by atoms with E-state index in [1.807, 2.05) is 0 Å². The Morgan fingerprint density at radius 2 is 1.81 bits per heavy atom. The van der Waals surface area contributed by atoms with Gasteiger partial charge in [-0.05, 0) is 12.8 Å². The molecule has 2 fully saturated rings. The predicted octanol–water partition coefficient (Wildman–Crippen LogP) is 0.412. The highest BCUT2D eigenvalue weighted by Crippen LogP contribution is 2.39. The molecule has 0 radical (unpaired) electrons. The lowest BCUT2D eigenvalue weighted by molar-refractivity contribution is -0.140. The van der Waals surface area contributed by atoms with Gasteiger partial charge in [-0.15, -0.1) is 0 Å². The average Bonchev–Trinajstić information content (AvgIpc) is 2.78. The van der Waals surface area contributed by atoms with Crippen molar-refractivity contribution in [3.63, 3.8) is 0 Å². The first-order valence-electron chi connectivity index (χ1n) is 5.28. The maximum absolute atomic E-state index is 11.8. The number of hydrogen-bond acceptors (Lipinski definition) is 3. The predicted molar refractivity (Wildman–Crippen MR) is 54.3 cm³/mol. The Hall–Kier alpha value is -1.65. The molecule has 1 saturated heterocycles. The highest BCUT2D eigenvalue weighted by Gasteiger charge is 2.49. The summed E-state index contributed by atoms with van der Waals surface area (Å²) in [7, 11) is 0. The lowest BCUT2D eigenvalue weighted by Crippen LogP contribution is -2.34. The third kappa shape index (κ3) is 1.52. The van der Waals surface area contributed by atoms with Crippen LogP contribution in [0.15, 0.2) is 12.2 Å². The molecule has 1 N–H and O–H groups in total. The van der Waals surface area contributed by atoms with Crippen LogP contribution in [-0.2, 0) is 14.4 Å². The molecular weight excluding hydrogens is 210 g/mol. The van der Waals surface area contributed by atoms with Gasteiger partial charge in [-0.2, -0.15) is 0 Å². The standard InChI is InChI=1S/C11H13NO4/c1-6(11(15)16)5-12-9(13)7-3-2-4-8(7)10(12)14/h7-8H,1-5H2,(H,15,16). The maximum Gasteiger partial charge on any atom is 0.332 e. The second-order valence-corrected chi connectivity index (χ2v) is 4.32. The minimum Gasteiger partial charge on any atom is -0.478 e. The number of imide groups is 1. The van der Waals surface area contributed by atoms with Gasteiger partial charge in [-0.25, -0.2) is 4.79 Å². The van der Waals surface area contributed by atoms with Crippen LogP contribution < -0.4 is 0 Å². The van der Waals surface area contributed by atoms with Crippen molar-refractivity contribution in [3.8, 4) is 0 Å². The van der Waals surface area contributed by atoms with Crippen molar-refractivity contribution in [2.75, 3.05) is 6.54 Å². The van der Waals surface area contributed by atoms with Crippen molar-refractivity contribution in [1.29, 1.82) is 0 Å². The van der Waals surface area contributed by atoms with Crippen LogP contribution in [0.2, 0.25) is 0 Å². The van der Waals surface area contributed by atoms with E-state index in [0.717, 1.165) is 24.2 Å². The second kappa shape index (κ2) is 3.73. The second-order valence-electron chi connectivity index (χ2n) is 4.32. The topological polar surface area (TPSA) is 74.7 Å². The summed E-state index contributed by atoms with van der Waals surface area (Å²) >= 11 is 0. The van der Waals surface area contributed by atoms with Gasteiger partial charge in [0.1, 0.15) is 0 Å². The zero-order chi connectivity index (χ0) is 11.9. The van der Waals surface area contributed by atoms with Gasteiger partial charge in [0.05, 0.1) is 18.4 Å². The summed E-state index contributed by atoms with van der Waals surface area (Å²) in [6, 6.07) is 0. The minimum atomic E-state index is -1.17. The first kappa shape index (κ1) is 10.9. The van der Waals surface area contributed by atoms with E-state index in [1.165, 1.54) is 0 Å². The monoisotopic (exact) mass is 223 g/mol. The van der Waals surface area contributed by atoms with Gasteiger partial charge in [-0.1, -0.05) is 13.0 Å². The van der Waals surface area contributed by atoms with E-state index in [0.29, 0.717) is 0 Å². The van der Waals surface area contributed by atoms with Crippen LogP contribution in [-0.4, -0.2) is 34.3 Å². The molecule has 16 heavy (non-hydrogen) atoms. The summed E-state index contributed by atoms with van der Waals surface area (Å²) < 4.78 is 0. The van der Waals surface area contributed by atoms with E-state index in [1.54, 1.807) is 0 Å². The normalized spacial score (nSPS) is 28.4. The summed E-state index contributed by atoms with van der Waals surface area (Å²) in [4.78, 5) is 35.3. The molecule has 2 unspecified atom stereocenters. The van der Waals surface area contributed by atoms with E-state index in [4.69, 9.17) is 5.11 Å². The molecule has 0 aromatic heterocycles. The van der Waals surface area contributed by atoms with Crippen molar-refractivity contribution in [2.45, 2.75) is 19.3 Å². The zero-order valence-corrected chi connectivity index (χ0v) is 8.81. The van der Waals surface area contributed by atoms with E-state index in [-0.39, 0.29) is 35.8 Å². The third-order valence-corrected chi connectivity index (χ3v) is 3.33. The van der Waals surface area contributed by atoms with Crippen LogP contribution in [0.1, 0.15) is 19.3 Å². The number of carboxylic acid groups (broad SMARTS) is 1. The third-order valence-electron chi connectivity index (χ3n) is 3.33. The first-order chi connectivity index (χ1) is 7.52. The fourth-order valence-corrected chi connectivity index (χ4v) is 2.47. The van der Waals surface area contributed by atoms with Crippen molar-refractivity contribution < 1.29 is 19.5 Å². The molecule has 5 heteroatoms. The molecule has 1 aliphatic heterocycles. The van der Waals surface area contributed by atoms with Crippen molar-refractivity contribution in [1.82, 2.24) is 4.90 Å². The first-order valence-corrected chi connectivity index (χ1v) is 5.28. The molecule has 2 amide bonds. The lowest BCUT2D eigenvalue weighted by atomic mass is 10.00. The summed E-state index contributed by atoms with van der Waals surface area (Å²) in [6.07, 6.45) is 2.39. The summed E-state index contributed by atoms with van der Waals surface area (Å²) in [6.45, 7) is 3.15. The summed E-state index contributed by atoms with van der Waals surface area (Å²) in [5, 5.41) is 8.67. The van der Waals surface area contributed by atoms with Gasteiger partial charge in [0.2, 0.25) is 11.8 Å². The average molecular weight is 223 g/mol. The molecule has 0 aromatic rings. The molecule has 0 spiro atoms. The number of nitrogens with zero attached hydrogens (tertiary/aromatic N) is 1. The van der Waals surface area contributed by atoms with Crippen LogP contribution in [0.4, 0.5) is 0 Å². The molecule has 0 bridgehead atoms. The number of likely N-dealkylation sites (tertiary alicyclic amines) is 1. The number of aliphatic carboxylic acids is 1. The summed E-state index contributed by atoms with van der Waals surface area (Å²) in [5.41, 5.74) is -0.123. The molecule has 0 aromatic carbocycles. The molecular formula is C11H13NO4. The van der Waals surface area contributed by atoms with E-state index < -0.39 is 5.97 Å². The molecule has 5 nitrogen and oxygen atoms in total. The number of carbonyl (C=O) groups is 3. The minimum absolute atomic E-state index is 0.123. The number of hydrogen-bond donors (Lipinski definition) is 1. The molecule has 2 rings (SSSR count). The Balaban J connectivity index is 2.12. The Labute approximate surface area is 92.7 Å². The van der Waals surface area contributed by atoms with Crippen LogP contribution >= 0.6 is 0 Å². The lowest BCUT2D eigenvalue weighted by Gasteiger charge is -2.15. The van der Waals surface area contributed by atoms with E-state index >= 15 is 0 Å². The Morgan fingerprint density at radius 1 is 1.31 bits per heavy atom. The fraction of sp³-hybridized carbons (Fsp3) is 0.545. The molecule has 2 atom stereocenters. The van der Waals surface area contributed by atoms with Gasteiger partial charge < -0.3 is 5.11 Å². The van der Waals surface area contributed by atoms with Gasteiger partial charge in [-0.3, -0.25) is 14.5 Å². The number of rotatable bonds is 3. The molecule has 1 heterocycles. The largest absolute Gasteiger partial charge is 0.478 e. The quantitative estimate of drug-likeness (QED) is 0.555. The van der Waals surface area contributed by atoms with Crippen molar-refractivity contribution in [3.05, 3.63) is 12.2 Å². The van der Waals surface area contributed by atoms with Gasteiger partial charge in [0.25, 0.3) is 0 Å². The highest BCUT2D eigenvalue weighted by molar-refractivity contribution is 6.06. The van der Waals surface area contributed by atoms with E-state index in [2.05, 4.69) is 6.58 Å². The van der Waals surface area contributed by atoms with Crippen LogP contribution in [0.3, 0.4) is 0 Å². The molecule has 86 valence electrons. The van der Waals surface area contributed by atoms with Crippen molar-refractivity contribution in [2.24, 2.45) is 11.8 Å². The van der Waals surface area contributed by atoms with Crippen LogP contribution in [0.25, 0.3) is 0 Å². The van der Waals surface area contributed by atoms with Crippen LogP contribution in [0.5, 0.6) is 0 Å². The van der Waals surface area contributed by atoms with Gasteiger partial charge in [0, 0.05) is 5.57 Å². The van der Waals surface area contributed by atoms with Crippen LogP contribution in [0, 0.1) is 11.8 Å². The Kier molecular flexibility index (Phi) is 2.53. The molecule has 1 saturated carbocycles. The fourth-order valence-electron chi connectivity index (χ4n) is 2.47. The van der Waals surface area contributed by atoms with Gasteiger partial charge in [0.15, 0.2) is 0 Å². The van der Waals surface area contributed by atoms with Crippen molar-refractivity contribution >= 4 is 17.8 Å². The Bertz CT molecular complexity index is 365. The smallest absolute Gasteiger partial charge is 0.332 e. The molecule has 2 aliphatic rings. The maximum atomic E-state index is 11.8. The number of carboxylic acids is 1. The number of carbonyl (C=O) groups excluding carboxylic acids is 2. The number of fused-ring (bicyclic) bond motifs is 1. The molecule has 1 aliphatic carbocycles. The summed E-state index contributed by atoms with van der Waals surface area (Å²) in [5.74, 6) is -2.05. The number of amides is 2. The van der Waals surface area contributed by atoms with E-state index in [9.17, 15) is 14.4 Å². The SMILES string of the molecule is C=C(CN1C(=O)C2CCCC2C1=O)C(=O)O. The zero-order valence-electron chi connectivity index (χ0n) is 8.81. The highest BCUT2D eigenvalue weighted by atomic mass is 16.4. The van der Waals surface area contributed by atoms with Gasteiger partial charge >= 0.3 is 5.97 Å². The Morgan fingerprint density at radius 3 is 2.25 bits per heavy atom.